The van der Waals surface area contributed by atoms with Crippen molar-refractivity contribution in [3.63, 3.8) is 0 Å². The van der Waals surface area contributed by atoms with Crippen LogP contribution >= 0.6 is 0 Å². The summed E-state index contributed by atoms with van der Waals surface area (Å²) in [4.78, 5) is 16.0. The smallest absolute Gasteiger partial charge is 0.339 e. The van der Waals surface area contributed by atoms with Gasteiger partial charge in [0.1, 0.15) is 24.0 Å². The first-order valence-corrected chi connectivity index (χ1v) is 8.30. The Morgan fingerprint density at radius 1 is 1.38 bits per heavy atom. The van der Waals surface area contributed by atoms with Gasteiger partial charge in [-0.1, -0.05) is 18.7 Å². The number of aliphatic hydroxyl groups is 1. The predicted molar refractivity (Wildman–Crippen MR) is 99.4 cm³/mol. The van der Waals surface area contributed by atoms with Gasteiger partial charge in [0.05, 0.1) is 17.6 Å². The Morgan fingerprint density at radius 2 is 2.12 bits per heavy atom. The summed E-state index contributed by atoms with van der Waals surface area (Å²) in [6, 6.07) is 6.75. The second-order valence-electron chi connectivity index (χ2n) is 6.33. The molecule has 6 nitrogen and oxygen atoms in total. The standard InChI is InChI=1S/C20H24O6/c1-12(2)17(26-23)10-15(21)13(3)8-9-24-18-11-19(22)25-16-7-5-6-14(4)20(16)18/h5-8,11,15,17,21,23H,1,9-10H2,2-4H3/b13-8+/t15-,17+/m0/s1. The van der Waals surface area contributed by atoms with Gasteiger partial charge in [0.25, 0.3) is 0 Å². The molecule has 0 aliphatic rings. The molecule has 1 aromatic heterocycles. The molecule has 0 bridgehead atoms. The number of hydrogen-bond acceptors (Lipinski definition) is 6. The Hall–Kier alpha value is -2.41. The fourth-order valence-electron chi connectivity index (χ4n) is 2.59. The number of rotatable bonds is 8. The van der Waals surface area contributed by atoms with Crippen molar-refractivity contribution in [3.05, 3.63) is 64.1 Å². The average molecular weight is 360 g/mol. The quantitative estimate of drug-likeness (QED) is 0.323. The van der Waals surface area contributed by atoms with Gasteiger partial charge in [0, 0.05) is 6.42 Å². The average Bonchev–Trinajstić information content (AvgIpc) is 2.58. The minimum absolute atomic E-state index is 0.174. The van der Waals surface area contributed by atoms with E-state index in [1.807, 2.05) is 19.1 Å². The number of aliphatic hydroxyl groups excluding tert-OH is 1. The molecular formula is C20H24O6. The highest BCUT2D eigenvalue weighted by molar-refractivity contribution is 5.86. The predicted octanol–water partition coefficient (Wildman–Crippen LogP) is 3.61. The first-order chi connectivity index (χ1) is 12.3. The zero-order valence-electron chi connectivity index (χ0n) is 15.2. The van der Waals surface area contributed by atoms with Crippen LogP contribution < -0.4 is 10.4 Å². The van der Waals surface area contributed by atoms with Crippen LogP contribution in [0.15, 0.2) is 57.3 Å². The lowest BCUT2D eigenvalue weighted by molar-refractivity contribution is -0.272. The van der Waals surface area contributed by atoms with Crippen molar-refractivity contribution in [1.82, 2.24) is 0 Å². The zero-order chi connectivity index (χ0) is 19.3. The molecular weight excluding hydrogens is 336 g/mol. The molecule has 0 unspecified atom stereocenters. The van der Waals surface area contributed by atoms with Crippen LogP contribution in [0.1, 0.15) is 25.8 Å². The first-order valence-electron chi connectivity index (χ1n) is 8.30. The summed E-state index contributed by atoms with van der Waals surface area (Å²) in [6.07, 6.45) is 0.452. The maximum absolute atomic E-state index is 11.7. The molecule has 1 heterocycles. The van der Waals surface area contributed by atoms with E-state index in [1.165, 1.54) is 6.07 Å². The summed E-state index contributed by atoms with van der Waals surface area (Å²) < 4.78 is 10.9. The fraction of sp³-hybridized carbons (Fsp3) is 0.350. The normalized spacial score (nSPS) is 14.3. The Labute approximate surface area is 151 Å². The van der Waals surface area contributed by atoms with Gasteiger partial charge < -0.3 is 14.3 Å². The SMILES string of the molecule is C=C(C)[C@@H](C[C@H](O)/C(C)=C/COc1cc(=O)oc2cccc(C)c12)OO. The third kappa shape index (κ3) is 4.82. The molecule has 2 atom stereocenters. The molecule has 6 heteroatoms. The number of ether oxygens (including phenoxy) is 1. The Morgan fingerprint density at radius 3 is 2.77 bits per heavy atom. The number of fused-ring (bicyclic) bond motifs is 1. The molecule has 0 spiro atoms. The minimum Gasteiger partial charge on any atom is -0.488 e. The van der Waals surface area contributed by atoms with E-state index in [0.717, 1.165) is 10.9 Å². The van der Waals surface area contributed by atoms with Crippen molar-refractivity contribution in [3.8, 4) is 5.75 Å². The van der Waals surface area contributed by atoms with Gasteiger partial charge in [-0.15, -0.1) is 0 Å². The lowest BCUT2D eigenvalue weighted by Crippen LogP contribution is -2.21. The molecule has 0 aliphatic carbocycles. The van der Waals surface area contributed by atoms with Crippen LogP contribution in [0.3, 0.4) is 0 Å². The van der Waals surface area contributed by atoms with Crippen molar-refractivity contribution in [2.75, 3.05) is 6.61 Å². The third-order valence-corrected chi connectivity index (χ3v) is 4.22. The molecule has 0 aliphatic heterocycles. The van der Waals surface area contributed by atoms with E-state index < -0.39 is 17.8 Å². The van der Waals surface area contributed by atoms with Crippen LogP contribution in [0, 0.1) is 6.92 Å². The van der Waals surface area contributed by atoms with Crippen LogP contribution in [0.4, 0.5) is 0 Å². The number of hydrogen-bond donors (Lipinski definition) is 2. The van der Waals surface area contributed by atoms with Crippen LogP contribution in [-0.4, -0.2) is 29.2 Å². The Bertz CT molecular complexity index is 864. The maximum atomic E-state index is 11.7. The lowest BCUT2D eigenvalue weighted by Gasteiger charge is -2.18. The van der Waals surface area contributed by atoms with Crippen LogP contribution in [0.5, 0.6) is 5.75 Å². The highest BCUT2D eigenvalue weighted by Crippen LogP contribution is 2.27. The topological polar surface area (TPSA) is 89.1 Å². The second kappa shape index (κ2) is 8.80. The van der Waals surface area contributed by atoms with Crippen molar-refractivity contribution >= 4 is 11.0 Å². The van der Waals surface area contributed by atoms with Crippen LogP contribution in [0.25, 0.3) is 11.0 Å². The van der Waals surface area contributed by atoms with Crippen molar-refractivity contribution in [2.24, 2.45) is 0 Å². The third-order valence-electron chi connectivity index (χ3n) is 4.22. The molecule has 2 rings (SSSR count). The van der Waals surface area contributed by atoms with E-state index in [4.69, 9.17) is 14.4 Å². The molecule has 0 amide bonds. The summed E-state index contributed by atoms with van der Waals surface area (Å²) in [7, 11) is 0. The molecule has 1 aromatic carbocycles. The summed E-state index contributed by atoms with van der Waals surface area (Å²) >= 11 is 0. The van der Waals surface area contributed by atoms with Gasteiger partial charge in [0.2, 0.25) is 0 Å². The van der Waals surface area contributed by atoms with E-state index >= 15 is 0 Å². The first kappa shape index (κ1) is 19.9. The largest absolute Gasteiger partial charge is 0.488 e. The van der Waals surface area contributed by atoms with Gasteiger partial charge in [-0.3, -0.25) is 5.26 Å². The van der Waals surface area contributed by atoms with Crippen molar-refractivity contribution < 1.29 is 24.4 Å². The summed E-state index contributed by atoms with van der Waals surface area (Å²) in [6.45, 7) is 9.26. The van der Waals surface area contributed by atoms with E-state index in [2.05, 4.69) is 11.5 Å². The maximum Gasteiger partial charge on any atom is 0.339 e. The van der Waals surface area contributed by atoms with Gasteiger partial charge in [-0.2, -0.15) is 0 Å². The lowest BCUT2D eigenvalue weighted by atomic mass is 10.0. The van der Waals surface area contributed by atoms with Gasteiger partial charge in [0.15, 0.2) is 0 Å². The highest BCUT2D eigenvalue weighted by Gasteiger charge is 2.17. The summed E-state index contributed by atoms with van der Waals surface area (Å²) in [5, 5.41) is 19.8. The molecule has 0 saturated heterocycles. The van der Waals surface area contributed by atoms with E-state index in [9.17, 15) is 9.90 Å². The van der Waals surface area contributed by atoms with E-state index in [-0.39, 0.29) is 13.0 Å². The van der Waals surface area contributed by atoms with Gasteiger partial charge in [-0.25, -0.2) is 9.68 Å². The fourth-order valence-corrected chi connectivity index (χ4v) is 2.59. The molecule has 0 saturated carbocycles. The highest BCUT2D eigenvalue weighted by atomic mass is 17.1. The summed E-state index contributed by atoms with van der Waals surface area (Å²) in [5.41, 5.74) is 2.21. The summed E-state index contributed by atoms with van der Waals surface area (Å²) in [5.74, 6) is 0.436. The number of benzene rings is 1. The molecule has 0 fully saturated rings. The Kier molecular flexibility index (Phi) is 6.74. The zero-order valence-corrected chi connectivity index (χ0v) is 15.2. The van der Waals surface area contributed by atoms with E-state index in [1.54, 1.807) is 26.0 Å². The van der Waals surface area contributed by atoms with Crippen molar-refractivity contribution in [2.45, 2.75) is 39.4 Å². The second-order valence-corrected chi connectivity index (χ2v) is 6.33. The van der Waals surface area contributed by atoms with Crippen LogP contribution in [-0.2, 0) is 4.89 Å². The number of aryl methyl sites for hydroxylation is 1. The molecule has 2 aromatic rings. The van der Waals surface area contributed by atoms with Gasteiger partial charge >= 0.3 is 5.63 Å². The molecule has 140 valence electrons. The molecule has 0 radical (unpaired) electrons. The Balaban J connectivity index is 2.11. The van der Waals surface area contributed by atoms with Crippen LogP contribution in [0.2, 0.25) is 0 Å². The minimum atomic E-state index is -0.813. The molecule has 2 N–H and O–H groups in total. The van der Waals surface area contributed by atoms with Gasteiger partial charge in [-0.05, 0) is 49.6 Å². The monoisotopic (exact) mass is 360 g/mol. The molecule has 26 heavy (non-hydrogen) atoms. The van der Waals surface area contributed by atoms with E-state index in [0.29, 0.717) is 22.5 Å². The van der Waals surface area contributed by atoms with Crippen molar-refractivity contribution in [1.29, 1.82) is 0 Å².